The maximum Gasteiger partial charge on any atom is 0.150 e. The molecule has 0 fully saturated rings. The van der Waals surface area contributed by atoms with E-state index in [-0.39, 0.29) is 11.6 Å². The molecule has 1 aliphatic heterocycles. The Morgan fingerprint density at radius 2 is 1.42 bits per heavy atom. The summed E-state index contributed by atoms with van der Waals surface area (Å²) in [7, 11) is 0. The summed E-state index contributed by atoms with van der Waals surface area (Å²) in [6.07, 6.45) is 3.34. The summed E-state index contributed by atoms with van der Waals surface area (Å²) in [5.41, 5.74) is 2.28. The van der Waals surface area contributed by atoms with Crippen LogP contribution >= 0.6 is 0 Å². The molecular weight excluding hydrogens is 334 g/mol. The van der Waals surface area contributed by atoms with E-state index in [1.54, 1.807) is 36.7 Å². The lowest BCUT2D eigenvalue weighted by atomic mass is 9.84. The van der Waals surface area contributed by atoms with Crippen LogP contribution in [0.2, 0.25) is 0 Å². The van der Waals surface area contributed by atoms with Crippen LogP contribution in [-0.4, -0.2) is 22.3 Å². The molecule has 0 bridgehead atoms. The van der Waals surface area contributed by atoms with Gasteiger partial charge in [-0.05, 0) is 42.3 Å². The van der Waals surface area contributed by atoms with Gasteiger partial charge < -0.3 is 5.32 Å². The van der Waals surface area contributed by atoms with E-state index in [9.17, 15) is 8.78 Å². The van der Waals surface area contributed by atoms with E-state index >= 15 is 0 Å². The van der Waals surface area contributed by atoms with Crippen molar-refractivity contribution in [3.05, 3.63) is 95.1 Å². The molecule has 0 spiro atoms. The molecule has 0 aliphatic carbocycles. The van der Waals surface area contributed by atoms with Crippen LogP contribution in [0.4, 0.5) is 8.78 Å². The van der Waals surface area contributed by atoms with Gasteiger partial charge in [-0.15, -0.1) is 0 Å². The van der Waals surface area contributed by atoms with Crippen LogP contribution in [0, 0.1) is 18.6 Å². The number of hydrogen-bond acceptors (Lipinski definition) is 4. The number of amidine groups is 1. The van der Waals surface area contributed by atoms with Crippen LogP contribution in [0.3, 0.4) is 0 Å². The highest BCUT2D eigenvalue weighted by molar-refractivity contribution is 5.98. The second kappa shape index (κ2) is 6.29. The molecule has 0 radical (unpaired) electrons. The average molecular weight is 350 g/mol. The molecule has 1 aliphatic rings. The molecule has 6 heteroatoms. The van der Waals surface area contributed by atoms with Crippen molar-refractivity contribution in [1.82, 2.24) is 15.3 Å². The van der Waals surface area contributed by atoms with Gasteiger partial charge in [0.25, 0.3) is 0 Å². The zero-order valence-corrected chi connectivity index (χ0v) is 14.1. The number of nitrogens with zero attached hydrogens (tertiary/aromatic N) is 3. The Labute approximate surface area is 149 Å². The van der Waals surface area contributed by atoms with Gasteiger partial charge in [0.2, 0.25) is 0 Å². The van der Waals surface area contributed by atoms with Gasteiger partial charge in [0.15, 0.2) is 0 Å². The Kier molecular flexibility index (Phi) is 3.95. The summed E-state index contributed by atoms with van der Waals surface area (Å²) in [4.78, 5) is 13.5. The lowest BCUT2D eigenvalue weighted by molar-refractivity contribution is 0.560. The molecule has 0 saturated heterocycles. The number of benzene rings is 2. The first-order valence-electron chi connectivity index (χ1n) is 8.22. The minimum atomic E-state index is -0.788. The summed E-state index contributed by atoms with van der Waals surface area (Å²) in [5.74, 6) is -0.0312. The van der Waals surface area contributed by atoms with Gasteiger partial charge in [-0.3, -0.25) is 4.98 Å². The number of nitrogens with one attached hydrogen (secondary N) is 1. The predicted octanol–water partition coefficient (Wildman–Crippen LogP) is 3.36. The highest BCUT2D eigenvalue weighted by Gasteiger charge is 2.39. The standard InChI is InChI=1S/C20H16F2N4/c1-13-10-24-18(11-23-13)19-25-12-20(26-19,14-2-6-16(21)7-3-14)15-4-8-17(22)9-5-15/h2-11H,12H2,1H3,(H,25,26). The molecule has 2 aromatic carbocycles. The highest BCUT2D eigenvalue weighted by Crippen LogP contribution is 2.36. The number of hydrogen-bond donors (Lipinski definition) is 1. The number of aryl methyl sites for hydroxylation is 1. The Morgan fingerprint density at radius 3 is 1.92 bits per heavy atom. The van der Waals surface area contributed by atoms with Crippen molar-refractivity contribution in [1.29, 1.82) is 0 Å². The van der Waals surface area contributed by atoms with Gasteiger partial charge in [0.1, 0.15) is 28.7 Å². The third kappa shape index (κ3) is 2.83. The van der Waals surface area contributed by atoms with Gasteiger partial charge in [-0.25, -0.2) is 18.8 Å². The third-order valence-corrected chi connectivity index (χ3v) is 4.48. The van der Waals surface area contributed by atoms with E-state index in [0.717, 1.165) is 16.8 Å². The summed E-state index contributed by atoms with van der Waals surface area (Å²) in [5, 5.41) is 3.27. The number of aliphatic imine (C=N–C) groups is 1. The van der Waals surface area contributed by atoms with Crippen molar-refractivity contribution < 1.29 is 8.78 Å². The maximum atomic E-state index is 13.4. The summed E-state index contributed by atoms with van der Waals surface area (Å²) in [6.45, 7) is 2.32. The second-order valence-corrected chi connectivity index (χ2v) is 6.23. The van der Waals surface area contributed by atoms with Crippen LogP contribution in [0.1, 0.15) is 22.5 Å². The molecule has 4 nitrogen and oxygen atoms in total. The molecular formula is C20H16F2N4. The minimum Gasteiger partial charge on any atom is -0.365 e. The Hall–Kier alpha value is -3.15. The molecule has 0 amide bonds. The molecule has 0 atom stereocenters. The minimum absolute atomic E-state index is 0.317. The molecule has 130 valence electrons. The van der Waals surface area contributed by atoms with Crippen LogP contribution in [0.25, 0.3) is 0 Å². The zero-order valence-electron chi connectivity index (χ0n) is 14.1. The van der Waals surface area contributed by atoms with E-state index in [4.69, 9.17) is 4.99 Å². The maximum absolute atomic E-state index is 13.4. The molecule has 4 rings (SSSR count). The van der Waals surface area contributed by atoms with Gasteiger partial charge in [-0.2, -0.15) is 0 Å². The fourth-order valence-corrected chi connectivity index (χ4v) is 3.10. The lowest BCUT2D eigenvalue weighted by Crippen LogP contribution is -2.32. The van der Waals surface area contributed by atoms with Crippen LogP contribution < -0.4 is 5.32 Å². The Morgan fingerprint density at radius 1 is 0.846 bits per heavy atom. The smallest absolute Gasteiger partial charge is 0.150 e. The van der Waals surface area contributed by atoms with Crippen LogP contribution in [0.15, 0.2) is 65.9 Å². The zero-order chi connectivity index (χ0) is 18.1. The van der Waals surface area contributed by atoms with E-state index in [2.05, 4.69) is 15.3 Å². The monoisotopic (exact) mass is 350 g/mol. The fraction of sp³-hybridized carbons (Fsp3) is 0.150. The first kappa shape index (κ1) is 16.3. The van der Waals surface area contributed by atoms with Crippen molar-refractivity contribution in [2.24, 2.45) is 4.99 Å². The van der Waals surface area contributed by atoms with Crippen molar-refractivity contribution in [3.8, 4) is 0 Å². The van der Waals surface area contributed by atoms with Crippen LogP contribution in [-0.2, 0) is 5.54 Å². The van der Waals surface area contributed by atoms with Gasteiger partial charge in [-0.1, -0.05) is 24.3 Å². The predicted molar refractivity (Wildman–Crippen MR) is 94.9 cm³/mol. The first-order chi connectivity index (χ1) is 12.6. The Bertz CT molecular complexity index is 903. The summed E-state index contributed by atoms with van der Waals surface area (Å²) >= 11 is 0. The SMILES string of the molecule is Cc1cnc(C2=NC(c3ccc(F)cc3)(c3ccc(F)cc3)CN2)cn1. The molecule has 3 aromatic rings. The molecule has 2 heterocycles. The summed E-state index contributed by atoms with van der Waals surface area (Å²) in [6, 6.07) is 12.4. The average Bonchev–Trinajstić information content (AvgIpc) is 3.10. The van der Waals surface area contributed by atoms with E-state index in [1.807, 2.05) is 6.92 Å². The summed E-state index contributed by atoms with van der Waals surface area (Å²) < 4.78 is 26.8. The third-order valence-electron chi connectivity index (χ3n) is 4.48. The van der Waals surface area contributed by atoms with E-state index in [0.29, 0.717) is 18.1 Å². The molecule has 0 saturated carbocycles. The largest absolute Gasteiger partial charge is 0.365 e. The van der Waals surface area contributed by atoms with E-state index in [1.165, 1.54) is 24.3 Å². The second-order valence-electron chi connectivity index (χ2n) is 6.23. The van der Waals surface area contributed by atoms with Gasteiger partial charge >= 0.3 is 0 Å². The van der Waals surface area contributed by atoms with E-state index < -0.39 is 5.54 Å². The van der Waals surface area contributed by atoms with Crippen molar-refractivity contribution in [3.63, 3.8) is 0 Å². The van der Waals surface area contributed by atoms with Crippen molar-refractivity contribution in [2.75, 3.05) is 6.54 Å². The topological polar surface area (TPSA) is 50.2 Å². The number of aromatic nitrogens is 2. The quantitative estimate of drug-likeness (QED) is 0.788. The molecule has 1 N–H and O–H groups in total. The van der Waals surface area contributed by atoms with Gasteiger partial charge in [0, 0.05) is 6.20 Å². The first-order valence-corrected chi connectivity index (χ1v) is 8.22. The molecule has 1 aromatic heterocycles. The fourth-order valence-electron chi connectivity index (χ4n) is 3.10. The molecule has 0 unspecified atom stereocenters. The van der Waals surface area contributed by atoms with Crippen molar-refractivity contribution >= 4 is 5.84 Å². The number of rotatable bonds is 3. The normalized spacial score (nSPS) is 15.4. The Balaban J connectivity index is 1.85. The lowest BCUT2D eigenvalue weighted by Gasteiger charge is -2.26. The molecule has 26 heavy (non-hydrogen) atoms. The number of halogens is 2. The highest BCUT2D eigenvalue weighted by atomic mass is 19.1. The van der Waals surface area contributed by atoms with Gasteiger partial charge in [0.05, 0.1) is 18.4 Å². The van der Waals surface area contributed by atoms with Crippen molar-refractivity contribution in [2.45, 2.75) is 12.5 Å². The van der Waals surface area contributed by atoms with Crippen LogP contribution in [0.5, 0.6) is 0 Å².